The van der Waals surface area contributed by atoms with E-state index in [1.54, 1.807) is 6.20 Å². The summed E-state index contributed by atoms with van der Waals surface area (Å²) in [5, 5.41) is 2.87. The molecule has 0 aliphatic heterocycles. The molecule has 82 valence electrons. The fourth-order valence-electron chi connectivity index (χ4n) is 1.11. The van der Waals surface area contributed by atoms with Crippen LogP contribution in [0.15, 0.2) is 24.5 Å². The topological polar surface area (TPSA) is 70.7 Å². The first-order valence-corrected chi connectivity index (χ1v) is 5.04. The molecular formula is C9H6Cl2N4O. The zero-order chi connectivity index (χ0) is 11.5. The van der Waals surface area contributed by atoms with Gasteiger partial charge in [-0.15, -0.1) is 0 Å². The van der Waals surface area contributed by atoms with E-state index in [0.29, 0.717) is 11.5 Å². The van der Waals surface area contributed by atoms with Crippen LogP contribution in [0.2, 0.25) is 10.3 Å². The molecule has 2 aromatic rings. The summed E-state index contributed by atoms with van der Waals surface area (Å²) in [5.74, 6) is -0.00444. The number of anilines is 1. The van der Waals surface area contributed by atoms with Crippen LogP contribution in [0, 0.1) is 0 Å². The molecule has 0 aromatic carbocycles. The van der Waals surface area contributed by atoms with Gasteiger partial charge < -0.3 is 4.98 Å². The number of hydrogen-bond donors (Lipinski definition) is 2. The van der Waals surface area contributed by atoms with Gasteiger partial charge in [-0.3, -0.25) is 10.1 Å². The third kappa shape index (κ3) is 2.50. The second kappa shape index (κ2) is 4.51. The number of rotatable bonds is 2. The first kappa shape index (κ1) is 10.9. The highest BCUT2D eigenvalue weighted by Crippen LogP contribution is 2.15. The summed E-state index contributed by atoms with van der Waals surface area (Å²) in [5.41, 5.74) is 0.321. The van der Waals surface area contributed by atoms with Crippen molar-refractivity contribution < 1.29 is 4.79 Å². The first-order chi connectivity index (χ1) is 7.65. The Labute approximate surface area is 101 Å². The molecule has 7 heteroatoms. The minimum Gasteiger partial charge on any atom is -0.331 e. The van der Waals surface area contributed by atoms with Crippen LogP contribution < -0.4 is 5.32 Å². The second-order valence-corrected chi connectivity index (χ2v) is 3.67. The number of amides is 1. The van der Waals surface area contributed by atoms with Crippen molar-refractivity contribution in [3.8, 4) is 0 Å². The maximum atomic E-state index is 11.7. The van der Waals surface area contributed by atoms with Gasteiger partial charge in [0.1, 0.15) is 10.3 Å². The lowest BCUT2D eigenvalue weighted by Crippen LogP contribution is -2.13. The lowest BCUT2D eigenvalue weighted by Gasteiger charge is -2.02. The molecule has 0 unspecified atom stereocenters. The average molecular weight is 257 g/mol. The number of halogens is 2. The molecule has 1 amide bonds. The summed E-state index contributed by atoms with van der Waals surface area (Å²) < 4.78 is 0. The van der Waals surface area contributed by atoms with E-state index in [0.717, 1.165) is 0 Å². The summed E-state index contributed by atoms with van der Waals surface area (Å²) in [6.45, 7) is 0. The number of nitrogens with zero attached hydrogens (tertiary/aromatic N) is 2. The molecule has 0 saturated heterocycles. The van der Waals surface area contributed by atoms with Crippen molar-refractivity contribution in [1.82, 2.24) is 15.0 Å². The number of carbonyl (C=O) groups is 1. The number of aromatic amines is 1. The number of aromatic nitrogens is 3. The number of pyridine rings is 1. The van der Waals surface area contributed by atoms with Gasteiger partial charge in [-0.05, 0) is 12.1 Å². The Morgan fingerprint density at radius 3 is 2.56 bits per heavy atom. The number of carbonyl (C=O) groups excluding carboxylic acids is 1. The Morgan fingerprint density at radius 1 is 1.31 bits per heavy atom. The lowest BCUT2D eigenvalue weighted by atomic mass is 10.2. The van der Waals surface area contributed by atoms with Crippen LogP contribution in [0.5, 0.6) is 0 Å². The van der Waals surface area contributed by atoms with Crippen LogP contribution in [0.3, 0.4) is 0 Å². The molecule has 0 bridgehead atoms. The van der Waals surface area contributed by atoms with Gasteiger partial charge in [0.05, 0.1) is 0 Å². The van der Waals surface area contributed by atoms with Crippen LogP contribution >= 0.6 is 23.2 Å². The van der Waals surface area contributed by atoms with E-state index in [1.165, 1.54) is 18.3 Å². The van der Waals surface area contributed by atoms with Crippen molar-refractivity contribution in [2.45, 2.75) is 0 Å². The fourth-order valence-corrected chi connectivity index (χ4v) is 1.57. The van der Waals surface area contributed by atoms with E-state index in [1.807, 2.05) is 0 Å². The number of H-pyrrole nitrogens is 1. The smallest absolute Gasteiger partial charge is 0.258 e. The zero-order valence-electron chi connectivity index (χ0n) is 7.87. The van der Waals surface area contributed by atoms with Crippen molar-refractivity contribution in [3.63, 3.8) is 0 Å². The number of imidazole rings is 1. The highest BCUT2D eigenvalue weighted by molar-refractivity contribution is 6.33. The monoisotopic (exact) mass is 256 g/mol. The molecule has 2 heterocycles. The van der Waals surface area contributed by atoms with Gasteiger partial charge in [-0.2, -0.15) is 0 Å². The third-order valence-electron chi connectivity index (χ3n) is 1.76. The molecular weight excluding hydrogens is 251 g/mol. The van der Waals surface area contributed by atoms with Crippen LogP contribution in [0.4, 0.5) is 5.95 Å². The molecule has 0 atom stereocenters. The fraction of sp³-hybridized carbons (Fsp3) is 0. The molecule has 0 aliphatic carbocycles. The minimum atomic E-state index is -0.360. The highest BCUT2D eigenvalue weighted by atomic mass is 35.5. The maximum absolute atomic E-state index is 11.7. The predicted molar refractivity (Wildman–Crippen MR) is 60.8 cm³/mol. The van der Waals surface area contributed by atoms with Gasteiger partial charge in [-0.25, -0.2) is 9.97 Å². The van der Waals surface area contributed by atoms with Crippen molar-refractivity contribution in [3.05, 3.63) is 40.4 Å². The van der Waals surface area contributed by atoms with E-state index < -0.39 is 0 Å². The SMILES string of the molecule is O=C(Nc1ncc[nH]1)c1cc(Cl)nc(Cl)c1. The first-order valence-electron chi connectivity index (χ1n) is 4.29. The van der Waals surface area contributed by atoms with Gasteiger partial charge in [0, 0.05) is 18.0 Å². The van der Waals surface area contributed by atoms with E-state index in [9.17, 15) is 4.79 Å². The van der Waals surface area contributed by atoms with Gasteiger partial charge in [0.2, 0.25) is 5.95 Å². The Kier molecular flexibility index (Phi) is 3.07. The van der Waals surface area contributed by atoms with E-state index >= 15 is 0 Å². The molecule has 0 fully saturated rings. The standard InChI is InChI=1S/C9H6Cl2N4O/c10-6-3-5(4-7(11)14-6)8(16)15-9-12-1-2-13-9/h1-4H,(H2,12,13,15,16). The van der Waals surface area contributed by atoms with Gasteiger partial charge in [0.15, 0.2) is 0 Å². The summed E-state index contributed by atoms with van der Waals surface area (Å²) in [4.78, 5) is 22.0. The van der Waals surface area contributed by atoms with Gasteiger partial charge >= 0.3 is 0 Å². The quantitative estimate of drug-likeness (QED) is 0.811. The normalized spacial score (nSPS) is 10.1. The Hall–Kier alpha value is -1.59. The van der Waals surface area contributed by atoms with Crippen LogP contribution in [-0.2, 0) is 0 Å². The van der Waals surface area contributed by atoms with Gasteiger partial charge in [-0.1, -0.05) is 23.2 Å². The molecule has 2 N–H and O–H groups in total. The predicted octanol–water partition coefficient (Wildman–Crippen LogP) is 2.36. The molecule has 0 saturated carbocycles. The van der Waals surface area contributed by atoms with Gasteiger partial charge in [0.25, 0.3) is 5.91 Å². The average Bonchev–Trinajstić information content (AvgIpc) is 2.68. The molecule has 5 nitrogen and oxygen atoms in total. The number of hydrogen-bond acceptors (Lipinski definition) is 3. The van der Waals surface area contributed by atoms with Crippen LogP contribution in [0.1, 0.15) is 10.4 Å². The van der Waals surface area contributed by atoms with E-state index in [2.05, 4.69) is 20.3 Å². The zero-order valence-corrected chi connectivity index (χ0v) is 9.38. The Morgan fingerprint density at radius 2 is 2.00 bits per heavy atom. The second-order valence-electron chi connectivity index (χ2n) is 2.89. The maximum Gasteiger partial charge on any atom is 0.258 e. The van der Waals surface area contributed by atoms with E-state index in [4.69, 9.17) is 23.2 Å². The summed E-state index contributed by atoms with van der Waals surface area (Å²) in [6.07, 6.45) is 3.13. The van der Waals surface area contributed by atoms with Crippen molar-refractivity contribution in [2.75, 3.05) is 5.32 Å². The lowest BCUT2D eigenvalue weighted by molar-refractivity contribution is 0.102. The summed E-state index contributed by atoms with van der Waals surface area (Å²) in [6, 6.07) is 2.84. The summed E-state index contributed by atoms with van der Waals surface area (Å²) in [7, 11) is 0. The largest absolute Gasteiger partial charge is 0.331 e. The van der Waals surface area contributed by atoms with E-state index in [-0.39, 0.29) is 16.2 Å². The third-order valence-corrected chi connectivity index (χ3v) is 2.14. The molecule has 0 radical (unpaired) electrons. The summed E-state index contributed by atoms with van der Waals surface area (Å²) >= 11 is 11.4. The molecule has 0 spiro atoms. The molecule has 16 heavy (non-hydrogen) atoms. The molecule has 0 aliphatic rings. The highest BCUT2D eigenvalue weighted by Gasteiger charge is 2.09. The van der Waals surface area contributed by atoms with Crippen LogP contribution in [-0.4, -0.2) is 20.9 Å². The van der Waals surface area contributed by atoms with Crippen molar-refractivity contribution in [2.24, 2.45) is 0 Å². The molecule has 2 rings (SSSR count). The molecule has 2 aromatic heterocycles. The van der Waals surface area contributed by atoms with Crippen molar-refractivity contribution in [1.29, 1.82) is 0 Å². The minimum absolute atomic E-state index is 0.164. The Bertz CT molecular complexity index is 492. The van der Waals surface area contributed by atoms with Crippen molar-refractivity contribution >= 4 is 35.1 Å². The Balaban J connectivity index is 2.21. The van der Waals surface area contributed by atoms with Crippen LogP contribution in [0.25, 0.3) is 0 Å². The number of nitrogens with one attached hydrogen (secondary N) is 2.